The van der Waals surface area contributed by atoms with Gasteiger partial charge in [0.1, 0.15) is 11.9 Å². The number of rotatable bonds is 5. The first kappa shape index (κ1) is 15.0. The minimum atomic E-state index is -0.389. The van der Waals surface area contributed by atoms with Gasteiger partial charge in [-0.1, -0.05) is 42.0 Å². The number of hydrogen-bond donors (Lipinski definition) is 1. The first-order chi connectivity index (χ1) is 11.1. The molecule has 0 aliphatic rings. The third-order valence-corrected chi connectivity index (χ3v) is 3.76. The van der Waals surface area contributed by atoms with Gasteiger partial charge in [0.25, 0.3) is 0 Å². The van der Waals surface area contributed by atoms with Gasteiger partial charge >= 0.3 is 5.69 Å². The number of pyridine rings is 1. The van der Waals surface area contributed by atoms with E-state index in [0.717, 1.165) is 22.9 Å². The van der Waals surface area contributed by atoms with Gasteiger partial charge in [-0.2, -0.15) is 0 Å². The van der Waals surface area contributed by atoms with Crippen molar-refractivity contribution in [3.63, 3.8) is 0 Å². The molecular weight excluding hydrogens is 290 g/mol. The summed E-state index contributed by atoms with van der Waals surface area (Å²) in [7, 11) is 0. The molecule has 0 amide bonds. The Kier molecular flexibility index (Phi) is 4.19. The summed E-state index contributed by atoms with van der Waals surface area (Å²) in [6.45, 7) is 2.59. The Morgan fingerprint density at radius 2 is 1.96 bits per heavy atom. The second kappa shape index (κ2) is 6.44. The number of nitrogens with one attached hydrogen (secondary N) is 1. The van der Waals surface area contributed by atoms with Crippen molar-refractivity contribution < 1.29 is 4.92 Å². The summed E-state index contributed by atoms with van der Waals surface area (Å²) in [6, 6.07) is 15.8. The summed E-state index contributed by atoms with van der Waals surface area (Å²) < 4.78 is 0. The Balaban J connectivity index is 1.92. The molecule has 0 saturated carbocycles. The summed E-state index contributed by atoms with van der Waals surface area (Å²) in [5, 5.41) is 15.3. The topological polar surface area (TPSA) is 68.1 Å². The number of fused-ring (bicyclic) bond motifs is 1. The average molecular weight is 307 g/mol. The van der Waals surface area contributed by atoms with Crippen molar-refractivity contribution in [1.29, 1.82) is 0 Å². The first-order valence-electron chi connectivity index (χ1n) is 7.47. The van der Waals surface area contributed by atoms with Gasteiger partial charge in [0.05, 0.1) is 10.4 Å². The van der Waals surface area contributed by atoms with E-state index < -0.39 is 0 Å². The van der Waals surface area contributed by atoms with E-state index in [1.54, 1.807) is 0 Å². The van der Waals surface area contributed by atoms with Crippen LogP contribution in [0.25, 0.3) is 10.9 Å². The summed E-state index contributed by atoms with van der Waals surface area (Å²) in [6.07, 6.45) is 2.12. The van der Waals surface area contributed by atoms with E-state index in [4.69, 9.17) is 0 Å². The zero-order valence-corrected chi connectivity index (χ0v) is 12.8. The molecule has 5 heteroatoms. The van der Waals surface area contributed by atoms with E-state index in [1.165, 1.54) is 11.8 Å². The van der Waals surface area contributed by atoms with Gasteiger partial charge in [0.15, 0.2) is 0 Å². The van der Waals surface area contributed by atoms with Crippen LogP contribution in [-0.2, 0) is 6.42 Å². The number of benzene rings is 2. The molecule has 116 valence electrons. The van der Waals surface area contributed by atoms with Crippen LogP contribution in [0.4, 0.5) is 11.4 Å². The van der Waals surface area contributed by atoms with Crippen molar-refractivity contribution in [3.8, 4) is 0 Å². The number of aromatic nitrogens is 1. The molecule has 0 atom stereocenters. The average Bonchev–Trinajstić information content (AvgIpc) is 2.55. The molecule has 0 spiro atoms. The predicted octanol–water partition coefficient (Wildman–Crippen LogP) is 4.11. The summed E-state index contributed by atoms with van der Waals surface area (Å²) in [4.78, 5) is 15.1. The second-order valence-corrected chi connectivity index (χ2v) is 5.46. The maximum atomic E-state index is 11.3. The molecule has 1 heterocycles. The molecule has 0 unspecified atom stereocenters. The van der Waals surface area contributed by atoms with Gasteiger partial charge in [-0.05, 0) is 31.0 Å². The van der Waals surface area contributed by atoms with Crippen LogP contribution in [0, 0.1) is 17.0 Å². The van der Waals surface area contributed by atoms with Crippen LogP contribution in [0.5, 0.6) is 0 Å². The normalized spacial score (nSPS) is 10.7. The Hall–Kier alpha value is -2.95. The third-order valence-electron chi connectivity index (χ3n) is 3.76. The Labute approximate surface area is 134 Å². The highest BCUT2D eigenvalue weighted by molar-refractivity contribution is 5.96. The molecule has 0 aliphatic carbocycles. The standard InChI is InChI=1S/C18H17N3O2/c1-13-7-8-16-15(11-13)18(17(12-20-16)21(22)23)19-10-9-14-5-3-2-4-6-14/h2-8,11-12H,9-10H2,1H3,(H,19,20). The fourth-order valence-corrected chi connectivity index (χ4v) is 2.60. The van der Waals surface area contributed by atoms with E-state index >= 15 is 0 Å². The molecule has 0 aliphatic heterocycles. The lowest BCUT2D eigenvalue weighted by atomic mass is 10.1. The quantitative estimate of drug-likeness (QED) is 0.569. The van der Waals surface area contributed by atoms with Crippen LogP contribution < -0.4 is 5.32 Å². The van der Waals surface area contributed by atoms with E-state index in [9.17, 15) is 10.1 Å². The van der Waals surface area contributed by atoms with Crippen LogP contribution in [-0.4, -0.2) is 16.5 Å². The number of nitrogens with zero attached hydrogens (tertiary/aromatic N) is 2. The van der Waals surface area contributed by atoms with Crippen molar-refractivity contribution in [2.24, 2.45) is 0 Å². The molecule has 23 heavy (non-hydrogen) atoms. The number of anilines is 1. The summed E-state index contributed by atoms with van der Waals surface area (Å²) >= 11 is 0. The van der Waals surface area contributed by atoms with E-state index in [0.29, 0.717) is 12.2 Å². The fraction of sp³-hybridized carbons (Fsp3) is 0.167. The van der Waals surface area contributed by atoms with Crippen LogP contribution in [0.3, 0.4) is 0 Å². The van der Waals surface area contributed by atoms with Crippen LogP contribution in [0.1, 0.15) is 11.1 Å². The van der Waals surface area contributed by atoms with Crippen molar-refractivity contribution >= 4 is 22.3 Å². The summed E-state index contributed by atoms with van der Waals surface area (Å²) in [5.74, 6) is 0. The molecule has 1 aromatic heterocycles. The molecule has 5 nitrogen and oxygen atoms in total. The predicted molar refractivity (Wildman–Crippen MR) is 91.8 cm³/mol. The van der Waals surface area contributed by atoms with E-state index in [-0.39, 0.29) is 10.6 Å². The monoisotopic (exact) mass is 307 g/mol. The van der Waals surface area contributed by atoms with Gasteiger partial charge in [-0.3, -0.25) is 10.1 Å². The largest absolute Gasteiger partial charge is 0.379 e. The second-order valence-electron chi connectivity index (χ2n) is 5.46. The minimum absolute atomic E-state index is 0.0103. The SMILES string of the molecule is Cc1ccc2ncc([N+](=O)[O-])c(NCCc3ccccc3)c2c1. The molecule has 0 radical (unpaired) electrons. The molecule has 2 aromatic carbocycles. The highest BCUT2D eigenvalue weighted by atomic mass is 16.6. The van der Waals surface area contributed by atoms with Gasteiger partial charge < -0.3 is 5.32 Å². The highest BCUT2D eigenvalue weighted by Gasteiger charge is 2.17. The lowest BCUT2D eigenvalue weighted by Gasteiger charge is -2.10. The van der Waals surface area contributed by atoms with E-state index in [2.05, 4.69) is 10.3 Å². The minimum Gasteiger partial charge on any atom is -0.379 e. The Bertz CT molecular complexity index is 848. The fourth-order valence-electron chi connectivity index (χ4n) is 2.60. The van der Waals surface area contributed by atoms with Gasteiger partial charge in [-0.15, -0.1) is 0 Å². The first-order valence-corrected chi connectivity index (χ1v) is 7.47. The smallest absolute Gasteiger partial charge is 0.311 e. The lowest BCUT2D eigenvalue weighted by molar-refractivity contribution is -0.384. The number of nitro groups is 1. The highest BCUT2D eigenvalue weighted by Crippen LogP contribution is 2.32. The number of aryl methyl sites for hydroxylation is 1. The Morgan fingerprint density at radius 3 is 2.70 bits per heavy atom. The number of hydrogen-bond acceptors (Lipinski definition) is 4. The van der Waals surface area contributed by atoms with Gasteiger partial charge in [-0.25, -0.2) is 4.98 Å². The molecule has 3 rings (SSSR count). The van der Waals surface area contributed by atoms with Crippen molar-refractivity contribution in [1.82, 2.24) is 4.98 Å². The molecule has 0 bridgehead atoms. The van der Waals surface area contributed by atoms with E-state index in [1.807, 2.05) is 55.5 Å². The van der Waals surface area contributed by atoms with Crippen LogP contribution in [0.2, 0.25) is 0 Å². The van der Waals surface area contributed by atoms with Crippen molar-refractivity contribution in [2.45, 2.75) is 13.3 Å². The lowest BCUT2D eigenvalue weighted by Crippen LogP contribution is -2.08. The third kappa shape index (κ3) is 3.29. The van der Waals surface area contributed by atoms with Gasteiger partial charge in [0, 0.05) is 11.9 Å². The van der Waals surface area contributed by atoms with Crippen LogP contribution >= 0.6 is 0 Å². The molecule has 0 saturated heterocycles. The van der Waals surface area contributed by atoms with Crippen molar-refractivity contribution in [3.05, 3.63) is 76.0 Å². The maximum Gasteiger partial charge on any atom is 0.311 e. The van der Waals surface area contributed by atoms with Gasteiger partial charge in [0.2, 0.25) is 0 Å². The molecule has 0 fully saturated rings. The van der Waals surface area contributed by atoms with Crippen LogP contribution in [0.15, 0.2) is 54.7 Å². The summed E-state index contributed by atoms with van der Waals surface area (Å²) in [5.41, 5.74) is 3.54. The van der Waals surface area contributed by atoms with Crippen molar-refractivity contribution in [2.75, 3.05) is 11.9 Å². The maximum absolute atomic E-state index is 11.3. The molecule has 1 N–H and O–H groups in total. The molecule has 3 aromatic rings. The zero-order valence-electron chi connectivity index (χ0n) is 12.8. The zero-order chi connectivity index (χ0) is 16.2. The Morgan fingerprint density at radius 1 is 1.17 bits per heavy atom. The molecular formula is C18H17N3O2.